The summed E-state index contributed by atoms with van der Waals surface area (Å²) in [5, 5.41) is 32.4. The lowest BCUT2D eigenvalue weighted by Crippen LogP contribution is -2.38. The Morgan fingerprint density at radius 2 is 1.61 bits per heavy atom. The molecule has 0 aliphatic rings. The van der Waals surface area contributed by atoms with Gasteiger partial charge in [-0.05, 0) is 54.8 Å². The number of nitrogens with zero attached hydrogens (tertiary/aromatic N) is 1. The van der Waals surface area contributed by atoms with Crippen molar-refractivity contribution < 1.29 is 24.8 Å². The van der Waals surface area contributed by atoms with Gasteiger partial charge < -0.3 is 24.8 Å². The third-order valence-electron chi connectivity index (χ3n) is 4.64. The average Bonchev–Trinajstić information content (AvgIpc) is 2.82. The number of aliphatic hydroxyl groups excluding tert-OH is 3. The van der Waals surface area contributed by atoms with Crippen LogP contribution in [0.4, 0.5) is 0 Å². The second-order valence-corrected chi connectivity index (χ2v) is 7.11. The molecule has 1 aromatic heterocycles. The number of hydrogen-bond acceptors (Lipinski definition) is 7. The minimum absolute atomic E-state index is 0. The summed E-state index contributed by atoms with van der Waals surface area (Å²) in [4.78, 5) is 4.14. The van der Waals surface area contributed by atoms with E-state index in [0.717, 1.165) is 5.56 Å². The molecule has 33 heavy (non-hydrogen) atoms. The topological polar surface area (TPSA) is 104 Å². The van der Waals surface area contributed by atoms with Crippen LogP contribution in [0, 0.1) is 0 Å². The molecule has 0 fully saturated rings. The van der Waals surface area contributed by atoms with Gasteiger partial charge in [0.2, 0.25) is 5.88 Å². The van der Waals surface area contributed by atoms with E-state index in [1.165, 1.54) is 0 Å². The zero-order chi connectivity index (χ0) is 21.9. The first kappa shape index (κ1) is 28.6. The maximum absolute atomic E-state index is 10.1. The van der Waals surface area contributed by atoms with Crippen molar-refractivity contribution in [3.8, 4) is 17.4 Å². The van der Waals surface area contributed by atoms with Crippen molar-refractivity contribution in [3.05, 3.63) is 84.1 Å². The SMILES string of the molecule is Cl.Cl.OCc1cccnc1Oc1ccc(CC[C@H](O)NCC(O)COc2ccccc2)cc1. The Balaban J connectivity index is 0.00000272. The van der Waals surface area contributed by atoms with Gasteiger partial charge in [-0.1, -0.05) is 30.3 Å². The first-order chi connectivity index (χ1) is 15.1. The fourth-order valence-corrected chi connectivity index (χ4v) is 2.92. The fraction of sp³-hybridized carbons (Fsp3) is 0.292. The maximum atomic E-state index is 10.1. The van der Waals surface area contributed by atoms with Gasteiger partial charge in [0.15, 0.2) is 0 Å². The van der Waals surface area contributed by atoms with Crippen LogP contribution in [-0.4, -0.2) is 45.8 Å². The summed E-state index contributed by atoms with van der Waals surface area (Å²) < 4.78 is 11.2. The van der Waals surface area contributed by atoms with Crippen molar-refractivity contribution in [2.75, 3.05) is 13.2 Å². The minimum Gasteiger partial charge on any atom is -0.491 e. The molecule has 0 amide bonds. The zero-order valence-corrected chi connectivity index (χ0v) is 19.7. The monoisotopic (exact) mass is 496 g/mol. The van der Waals surface area contributed by atoms with Crippen molar-refractivity contribution in [1.82, 2.24) is 10.3 Å². The van der Waals surface area contributed by atoms with Gasteiger partial charge >= 0.3 is 0 Å². The highest BCUT2D eigenvalue weighted by Crippen LogP contribution is 2.23. The predicted molar refractivity (Wildman–Crippen MR) is 131 cm³/mol. The van der Waals surface area contributed by atoms with Crippen LogP contribution in [0.1, 0.15) is 17.5 Å². The summed E-state index contributed by atoms with van der Waals surface area (Å²) in [5.41, 5.74) is 1.67. The molecule has 0 radical (unpaired) electrons. The standard InChI is InChI=1S/C24H28N2O5.2ClH/c27-16-19-5-4-14-25-24(19)31-22-11-8-18(9-12-22)10-13-23(29)26-15-20(28)17-30-21-6-2-1-3-7-21;;/h1-9,11-12,14,20,23,26-29H,10,13,15-17H2;2*1H/t20?,23-;;/m0../s1. The molecular formula is C24H30Cl2N2O5. The molecule has 7 nitrogen and oxygen atoms in total. The van der Waals surface area contributed by atoms with Gasteiger partial charge in [0.1, 0.15) is 30.4 Å². The largest absolute Gasteiger partial charge is 0.491 e. The Bertz CT molecular complexity index is 916. The number of pyridine rings is 1. The number of rotatable bonds is 12. The fourth-order valence-electron chi connectivity index (χ4n) is 2.92. The first-order valence-corrected chi connectivity index (χ1v) is 10.2. The predicted octanol–water partition coefficient (Wildman–Crippen LogP) is 3.49. The number of para-hydroxylation sites is 1. The van der Waals surface area contributed by atoms with E-state index in [2.05, 4.69) is 10.3 Å². The van der Waals surface area contributed by atoms with Crippen LogP contribution in [0.25, 0.3) is 0 Å². The van der Waals surface area contributed by atoms with Gasteiger partial charge in [-0.2, -0.15) is 0 Å². The molecular weight excluding hydrogens is 467 g/mol. The molecule has 180 valence electrons. The highest BCUT2D eigenvalue weighted by atomic mass is 35.5. The van der Waals surface area contributed by atoms with Crippen molar-refractivity contribution in [2.45, 2.75) is 31.8 Å². The summed E-state index contributed by atoms with van der Waals surface area (Å²) in [6.45, 7) is 0.247. The van der Waals surface area contributed by atoms with E-state index in [0.29, 0.717) is 35.8 Å². The highest BCUT2D eigenvalue weighted by molar-refractivity contribution is 5.85. The van der Waals surface area contributed by atoms with Crippen LogP contribution in [0.2, 0.25) is 0 Å². The molecule has 1 unspecified atom stereocenters. The summed E-state index contributed by atoms with van der Waals surface area (Å²) in [6, 6.07) is 20.3. The van der Waals surface area contributed by atoms with Crippen LogP contribution in [0.3, 0.4) is 0 Å². The van der Waals surface area contributed by atoms with Crippen molar-refractivity contribution >= 4 is 24.8 Å². The van der Waals surface area contributed by atoms with Crippen LogP contribution in [0.15, 0.2) is 72.9 Å². The normalized spacial score (nSPS) is 12.1. The van der Waals surface area contributed by atoms with Crippen molar-refractivity contribution in [3.63, 3.8) is 0 Å². The summed E-state index contributed by atoms with van der Waals surface area (Å²) in [5.74, 6) is 1.70. The molecule has 2 aromatic carbocycles. The molecule has 0 bridgehead atoms. The van der Waals surface area contributed by atoms with E-state index >= 15 is 0 Å². The number of nitrogens with one attached hydrogen (secondary N) is 1. The Labute approximate surface area is 206 Å². The molecule has 0 spiro atoms. The van der Waals surface area contributed by atoms with Gasteiger partial charge in [0.05, 0.1) is 6.61 Å². The van der Waals surface area contributed by atoms with Crippen LogP contribution < -0.4 is 14.8 Å². The number of aryl methyl sites for hydroxylation is 1. The molecule has 0 aliphatic carbocycles. The molecule has 0 saturated heterocycles. The zero-order valence-electron chi connectivity index (χ0n) is 18.0. The van der Waals surface area contributed by atoms with Crippen LogP contribution >= 0.6 is 24.8 Å². The average molecular weight is 497 g/mol. The van der Waals surface area contributed by atoms with E-state index in [9.17, 15) is 15.3 Å². The van der Waals surface area contributed by atoms with E-state index in [-0.39, 0.29) is 44.6 Å². The Morgan fingerprint density at radius 3 is 2.30 bits per heavy atom. The number of halogens is 2. The lowest BCUT2D eigenvalue weighted by molar-refractivity contribution is 0.0711. The molecule has 2 atom stereocenters. The Kier molecular flexibility index (Phi) is 13.4. The molecule has 9 heteroatoms. The third kappa shape index (κ3) is 9.96. The molecule has 3 aromatic rings. The van der Waals surface area contributed by atoms with E-state index in [4.69, 9.17) is 9.47 Å². The Hall–Kier alpha value is -2.39. The number of aromatic nitrogens is 1. The maximum Gasteiger partial charge on any atom is 0.224 e. The molecule has 4 N–H and O–H groups in total. The first-order valence-electron chi connectivity index (χ1n) is 10.2. The molecule has 1 heterocycles. The summed E-state index contributed by atoms with van der Waals surface area (Å²) >= 11 is 0. The number of aliphatic hydroxyl groups is 3. The molecule has 3 rings (SSSR count). The molecule has 0 saturated carbocycles. The Morgan fingerprint density at radius 1 is 0.879 bits per heavy atom. The van der Waals surface area contributed by atoms with E-state index in [1.807, 2.05) is 54.6 Å². The van der Waals surface area contributed by atoms with Crippen LogP contribution in [0.5, 0.6) is 17.4 Å². The van der Waals surface area contributed by atoms with Gasteiger partial charge in [-0.25, -0.2) is 4.98 Å². The smallest absolute Gasteiger partial charge is 0.224 e. The lowest BCUT2D eigenvalue weighted by Gasteiger charge is -2.17. The minimum atomic E-state index is -0.733. The quantitative estimate of drug-likeness (QED) is 0.284. The second kappa shape index (κ2) is 15.4. The molecule has 0 aliphatic heterocycles. The third-order valence-corrected chi connectivity index (χ3v) is 4.64. The van der Waals surface area contributed by atoms with Crippen LogP contribution in [-0.2, 0) is 13.0 Å². The second-order valence-electron chi connectivity index (χ2n) is 7.11. The van der Waals surface area contributed by atoms with Gasteiger partial charge in [0, 0.05) is 18.3 Å². The van der Waals surface area contributed by atoms with E-state index < -0.39 is 12.3 Å². The lowest BCUT2D eigenvalue weighted by atomic mass is 10.1. The van der Waals surface area contributed by atoms with Crippen molar-refractivity contribution in [1.29, 1.82) is 0 Å². The number of hydrogen-bond donors (Lipinski definition) is 4. The summed E-state index contributed by atoms with van der Waals surface area (Å²) in [7, 11) is 0. The van der Waals surface area contributed by atoms with Gasteiger partial charge in [-0.15, -0.1) is 24.8 Å². The summed E-state index contributed by atoms with van der Waals surface area (Å²) in [6.07, 6.45) is 1.32. The van der Waals surface area contributed by atoms with Crippen molar-refractivity contribution in [2.24, 2.45) is 0 Å². The van der Waals surface area contributed by atoms with Gasteiger partial charge in [0.25, 0.3) is 0 Å². The highest BCUT2D eigenvalue weighted by Gasteiger charge is 2.10. The number of ether oxygens (including phenoxy) is 2. The number of benzene rings is 2. The van der Waals surface area contributed by atoms with Gasteiger partial charge in [-0.3, -0.25) is 5.32 Å². The van der Waals surface area contributed by atoms with E-state index in [1.54, 1.807) is 18.3 Å².